The van der Waals surface area contributed by atoms with Gasteiger partial charge in [0.05, 0.1) is 6.20 Å². The standard InChI is InChI=1S/C6H3BrClF2NO/c7-5-1-4(12-6(9)10)3(8)2-11-5/h1-2,6H. The molecule has 0 bridgehead atoms. The van der Waals surface area contributed by atoms with E-state index in [1.54, 1.807) is 0 Å². The SMILES string of the molecule is FC(F)Oc1cc(Br)ncc1Cl. The van der Waals surface area contributed by atoms with Gasteiger partial charge in [0.15, 0.2) is 0 Å². The quantitative estimate of drug-likeness (QED) is 0.761. The summed E-state index contributed by atoms with van der Waals surface area (Å²) >= 11 is 8.49. The monoisotopic (exact) mass is 257 g/mol. The largest absolute Gasteiger partial charge is 0.433 e. The highest BCUT2D eigenvalue weighted by Crippen LogP contribution is 2.27. The van der Waals surface area contributed by atoms with Gasteiger partial charge in [0, 0.05) is 6.07 Å². The van der Waals surface area contributed by atoms with Crippen molar-refractivity contribution in [1.82, 2.24) is 4.98 Å². The molecule has 0 aliphatic carbocycles. The molecule has 12 heavy (non-hydrogen) atoms. The Hall–Kier alpha value is -0.420. The van der Waals surface area contributed by atoms with E-state index in [9.17, 15) is 8.78 Å². The molecule has 0 radical (unpaired) electrons. The zero-order valence-corrected chi connectivity index (χ0v) is 7.94. The third-order valence-corrected chi connectivity index (χ3v) is 1.72. The number of halogens is 4. The van der Waals surface area contributed by atoms with Crippen molar-refractivity contribution in [1.29, 1.82) is 0 Å². The van der Waals surface area contributed by atoms with E-state index in [4.69, 9.17) is 11.6 Å². The van der Waals surface area contributed by atoms with E-state index in [0.717, 1.165) is 0 Å². The molecule has 1 aromatic heterocycles. The minimum absolute atomic E-state index is 0.0542. The summed E-state index contributed by atoms with van der Waals surface area (Å²) < 4.78 is 27.9. The second-order valence-corrected chi connectivity index (χ2v) is 3.04. The number of ether oxygens (including phenoxy) is 1. The maximum Gasteiger partial charge on any atom is 0.387 e. The van der Waals surface area contributed by atoms with Gasteiger partial charge in [-0.1, -0.05) is 11.6 Å². The Morgan fingerprint density at radius 2 is 2.25 bits per heavy atom. The molecule has 0 unspecified atom stereocenters. The number of hydrogen-bond acceptors (Lipinski definition) is 2. The molecule has 0 atom stereocenters. The van der Waals surface area contributed by atoms with Gasteiger partial charge in [0.2, 0.25) is 0 Å². The average molecular weight is 258 g/mol. The minimum Gasteiger partial charge on any atom is -0.433 e. The van der Waals surface area contributed by atoms with E-state index in [1.807, 2.05) is 0 Å². The Morgan fingerprint density at radius 1 is 1.58 bits per heavy atom. The van der Waals surface area contributed by atoms with Crippen LogP contribution in [-0.2, 0) is 0 Å². The zero-order chi connectivity index (χ0) is 9.14. The van der Waals surface area contributed by atoms with Crippen molar-refractivity contribution in [3.05, 3.63) is 21.9 Å². The maximum absolute atomic E-state index is 11.7. The van der Waals surface area contributed by atoms with Crippen LogP contribution in [0.3, 0.4) is 0 Å². The van der Waals surface area contributed by atoms with Crippen LogP contribution in [0.15, 0.2) is 16.9 Å². The lowest BCUT2D eigenvalue weighted by Gasteiger charge is -2.05. The van der Waals surface area contributed by atoms with Crippen molar-refractivity contribution < 1.29 is 13.5 Å². The molecule has 0 aliphatic heterocycles. The molecule has 0 saturated carbocycles. The molecule has 0 aliphatic rings. The van der Waals surface area contributed by atoms with Crippen LogP contribution in [-0.4, -0.2) is 11.6 Å². The van der Waals surface area contributed by atoms with E-state index < -0.39 is 6.61 Å². The van der Waals surface area contributed by atoms with Gasteiger partial charge in [-0.05, 0) is 15.9 Å². The molecule has 66 valence electrons. The predicted octanol–water partition coefficient (Wildman–Crippen LogP) is 3.10. The first-order valence-electron chi connectivity index (χ1n) is 2.85. The fourth-order valence-electron chi connectivity index (χ4n) is 0.583. The minimum atomic E-state index is -2.88. The molecule has 6 heteroatoms. The van der Waals surface area contributed by atoms with Gasteiger partial charge in [-0.3, -0.25) is 0 Å². The first-order valence-corrected chi connectivity index (χ1v) is 4.02. The molecule has 1 aromatic rings. The lowest BCUT2D eigenvalue weighted by molar-refractivity contribution is -0.0498. The molecule has 0 N–H and O–H groups in total. The fraction of sp³-hybridized carbons (Fsp3) is 0.167. The highest BCUT2D eigenvalue weighted by Gasteiger charge is 2.08. The van der Waals surface area contributed by atoms with Crippen LogP contribution in [0.25, 0.3) is 0 Å². The Labute approximate surface area is 80.6 Å². The molecule has 0 saturated heterocycles. The topological polar surface area (TPSA) is 22.1 Å². The number of aromatic nitrogens is 1. The number of rotatable bonds is 2. The highest BCUT2D eigenvalue weighted by molar-refractivity contribution is 9.10. The lowest BCUT2D eigenvalue weighted by atomic mass is 10.4. The highest BCUT2D eigenvalue weighted by atomic mass is 79.9. The number of alkyl halides is 2. The number of nitrogens with zero attached hydrogens (tertiary/aromatic N) is 1. The van der Waals surface area contributed by atoms with Crippen LogP contribution in [0.5, 0.6) is 5.75 Å². The zero-order valence-electron chi connectivity index (χ0n) is 5.60. The molecular weight excluding hydrogens is 255 g/mol. The molecule has 0 amide bonds. The molecule has 2 nitrogen and oxygen atoms in total. The Bertz CT molecular complexity index is 284. The molecular formula is C6H3BrClF2NO. The number of hydrogen-bond donors (Lipinski definition) is 0. The van der Waals surface area contributed by atoms with Gasteiger partial charge in [0.1, 0.15) is 15.4 Å². The summed E-state index contributed by atoms with van der Waals surface area (Å²) in [5, 5.41) is 0.0542. The second-order valence-electron chi connectivity index (χ2n) is 1.82. The lowest BCUT2D eigenvalue weighted by Crippen LogP contribution is -2.02. The molecule has 0 fully saturated rings. The van der Waals surface area contributed by atoms with Crippen molar-refractivity contribution in [3.63, 3.8) is 0 Å². The van der Waals surface area contributed by atoms with Gasteiger partial charge in [0.25, 0.3) is 0 Å². The van der Waals surface area contributed by atoms with Gasteiger partial charge in [-0.2, -0.15) is 8.78 Å². The van der Waals surface area contributed by atoms with Crippen molar-refractivity contribution in [2.24, 2.45) is 0 Å². The molecule has 1 rings (SSSR count). The van der Waals surface area contributed by atoms with Gasteiger partial charge in [-0.15, -0.1) is 0 Å². The van der Waals surface area contributed by atoms with Crippen molar-refractivity contribution in [2.45, 2.75) is 6.61 Å². The van der Waals surface area contributed by atoms with Gasteiger partial charge in [-0.25, -0.2) is 4.98 Å². The van der Waals surface area contributed by atoms with E-state index >= 15 is 0 Å². The van der Waals surface area contributed by atoms with Gasteiger partial charge >= 0.3 is 6.61 Å². The molecule has 0 spiro atoms. The van der Waals surface area contributed by atoms with Crippen molar-refractivity contribution >= 4 is 27.5 Å². The fourth-order valence-corrected chi connectivity index (χ4v) is 1.04. The van der Waals surface area contributed by atoms with Crippen molar-refractivity contribution in [3.8, 4) is 5.75 Å². The summed E-state index contributed by atoms with van der Waals surface area (Å²) in [7, 11) is 0. The van der Waals surface area contributed by atoms with Crippen LogP contribution < -0.4 is 4.74 Å². The normalized spacial score (nSPS) is 10.4. The van der Waals surface area contributed by atoms with Gasteiger partial charge < -0.3 is 4.74 Å². The van der Waals surface area contributed by atoms with Crippen LogP contribution in [0.1, 0.15) is 0 Å². The summed E-state index contributed by atoms with van der Waals surface area (Å²) in [5.74, 6) is -0.0893. The van der Waals surface area contributed by atoms with E-state index in [2.05, 4.69) is 25.7 Å². The first kappa shape index (κ1) is 9.67. The summed E-state index contributed by atoms with van der Waals surface area (Å²) in [6, 6.07) is 1.27. The van der Waals surface area contributed by atoms with Crippen LogP contribution in [0.2, 0.25) is 5.02 Å². The summed E-state index contributed by atoms with van der Waals surface area (Å²) in [6.07, 6.45) is 1.23. The van der Waals surface area contributed by atoms with E-state index in [1.165, 1.54) is 12.3 Å². The summed E-state index contributed by atoms with van der Waals surface area (Å²) in [4.78, 5) is 3.71. The van der Waals surface area contributed by atoms with E-state index in [-0.39, 0.29) is 10.8 Å². The number of pyridine rings is 1. The molecule has 1 heterocycles. The third kappa shape index (κ3) is 2.57. The summed E-state index contributed by atoms with van der Waals surface area (Å²) in [5.41, 5.74) is 0. The molecule has 0 aromatic carbocycles. The van der Waals surface area contributed by atoms with Crippen molar-refractivity contribution in [2.75, 3.05) is 0 Å². The Morgan fingerprint density at radius 3 is 2.83 bits per heavy atom. The second kappa shape index (κ2) is 4.00. The Balaban J connectivity index is 2.90. The predicted molar refractivity (Wildman–Crippen MR) is 43.6 cm³/mol. The van der Waals surface area contributed by atoms with E-state index in [0.29, 0.717) is 4.60 Å². The first-order chi connectivity index (χ1) is 5.59. The van der Waals surface area contributed by atoms with Crippen LogP contribution in [0.4, 0.5) is 8.78 Å². The van der Waals surface area contributed by atoms with Crippen LogP contribution in [0, 0.1) is 0 Å². The smallest absolute Gasteiger partial charge is 0.387 e. The third-order valence-electron chi connectivity index (χ3n) is 1.00. The average Bonchev–Trinajstić information content (AvgIpc) is 1.96. The van der Waals surface area contributed by atoms with Crippen LogP contribution >= 0.6 is 27.5 Å². The summed E-state index contributed by atoms with van der Waals surface area (Å²) in [6.45, 7) is -2.88. The Kier molecular flexibility index (Phi) is 3.22. The maximum atomic E-state index is 11.7.